The monoisotopic (exact) mass is 213 g/mol. The van der Waals surface area contributed by atoms with Crippen molar-refractivity contribution in [1.82, 2.24) is 5.06 Å². The Balaban J connectivity index is 4.34. The molecule has 1 amide bonds. The zero-order chi connectivity index (χ0) is 11.9. The lowest BCUT2D eigenvalue weighted by Gasteiger charge is -2.25. The number of nitrogens with zero attached hydrogens (tertiary/aromatic N) is 1. The van der Waals surface area contributed by atoms with Crippen molar-refractivity contribution in [1.29, 1.82) is 0 Å². The minimum atomic E-state index is -0.523. The summed E-state index contributed by atoms with van der Waals surface area (Å²) in [5.41, 5.74) is 2.05. The summed E-state index contributed by atoms with van der Waals surface area (Å²) in [6, 6.07) is 0. The van der Waals surface area contributed by atoms with Gasteiger partial charge >= 0.3 is 6.09 Å². The van der Waals surface area contributed by atoms with E-state index in [1.807, 2.05) is 0 Å². The van der Waals surface area contributed by atoms with Crippen molar-refractivity contribution < 1.29 is 14.4 Å². The number of carbonyl (C=O) groups is 1. The van der Waals surface area contributed by atoms with E-state index >= 15 is 0 Å². The molecule has 0 rings (SSSR count). The zero-order valence-corrected chi connectivity index (χ0v) is 9.87. The predicted molar refractivity (Wildman–Crippen MR) is 58.3 cm³/mol. The number of amides is 1. The molecule has 0 spiro atoms. The van der Waals surface area contributed by atoms with Gasteiger partial charge in [-0.05, 0) is 33.8 Å². The molecule has 0 bridgehead atoms. The zero-order valence-electron chi connectivity index (χ0n) is 9.87. The Bertz CT molecular complexity index is 249. The van der Waals surface area contributed by atoms with E-state index < -0.39 is 11.7 Å². The van der Waals surface area contributed by atoms with Crippen molar-refractivity contribution in [2.75, 3.05) is 13.2 Å². The molecular formula is C11H19NO3. The maximum atomic E-state index is 11.6. The fourth-order valence-electron chi connectivity index (χ4n) is 0.796. The Labute approximate surface area is 91.1 Å². The second-order valence-electron chi connectivity index (χ2n) is 3.87. The van der Waals surface area contributed by atoms with Gasteiger partial charge in [0.15, 0.2) is 0 Å². The molecule has 0 heterocycles. The van der Waals surface area contributed by atoms with Gasteiger partial charge in [0, 0.05) is 0 Å². The van der Waals surface area contributed by atoms with Crippen LogP contribution in [0.4, 0.5) is 4.79 Å². The highest BCUT2D eigenvalue weighted by atomic mass is 16.7. The van der Waals surface area contributed by atoms with Crippen molar-refractivity contribution >= 4 is 6.09 Å². The molecule has 0 unspecified atom stereocenters. The van der Waals surface area contributed by atoms with Crippen LogP contribution in [-0.2, 0) is 9.57 Å². The molecule has 4 nitrogen and oxygen atoms in total. The topological polar surface area (TPSA) is 38.8 Å². The number of hydrogen-bond acceptors (Lipinski definition) is 3. The molecule has 0 aromatic rings. The number of carbonyl (C=O) groups excluding carboxylic acids is 1. The molecule has 0 atom stereocenters. The molecule has 15 heavy (non-hydrogen) atoms. The van der Waals surface area contributed by atoms with E-state index in [1.54, 1.807) is 33.8 Å². The van der Waals surface area contributed by atoms with E-state index in [4.69, 9.17) is 9.57 Å². The largest absolute Gasteiger partial charge is 0.442 e. The molecule has 0 N–H and O–H groups in total. The molecule has 86 valence electrons. The van der Waals surface area contributed by atoms with Crippen molar-refractivity contribution in [3.05, 3.63) is 18.4 Å². The summed E-state index contributed by atoms with van der Waals surface area (Å²) < 4.78 is 5.14. The molecule has 0 saturated carbocycles. The van der Waals surface area contributed by atoms with Gasteiger partial charge in [0.05, 0.1) is 13.2 Å². The van der Waals surface area contributed by atoms with Crippen LogP contribution >= 0.6 is 0 Å². The smallest absolute Gasteiger partial charge is 0.434 e. The third-order valence-electron chi connectivity index (χ3n) is 1.28. The Morgan fingerprint density at radius 3 is 2.53 bits per heavy atom. The fraction of sp³-hybridized carbons (Fsp3) is 0.636. The lowest BCUT2D eigenvalue weighted by atomic mass is 10.2. The summed E-state index contributed by atoms with van der Waals surface area (Å²) >= 11 is 0. The van der Waals surface area contributed by atoms with Crippen LogP contribution in [0.5, 0.6) is 0 Å². The van der Waals surface area contributed by atoms with Crippen LogP contribution in [0.15, 0.2) is 18.4 Å². The lowest BCUT2D eigenvalue weighted by Crippen LogP contribution is -2.37. The van der Waals surface area contributed by atoms with E-state index in [-0.39, 0.29) is 6.54 Å². The van der Waals surface area contributed by atoms with Crippen molar-refractivity contribution in [3.63, 3.8) is 0 Å². The number of rotatable bonds is 4. The van der Waals surface area contributed by atoms with Crippen LogP contribution in [0.1, 0.15) is 27.7 Å². The third kappa shape index (κ3) is 6.77. The van der Waals surface area contributed by atoms with Gasteiger partial charge in [-0.3, -0.25) is 4.84 Å². The van der Waals surface area contributed by atoms with Crippen molar-refractivity contribution in [2.24, 2.45) is 0 Å². The minimum absolute atomic E-state index is 0.284. The first-order valence-electron chi connectivity index (χ1n) is 4.88. The van der Waals surface area contributed by atoms with E-state index in [0.717, 1.165) is 5.06 Å². The molecule has 0 aliphatic carbocycles. The van der Waals surface area contributed by atoms with Crippen LogP contribution in [0, 0.1) is 0 Å². The average molecular weight is 213 g/mol. The van der Waals surface area contributed by atoms with Gasteiger partial charge in [-0.25, -0.2) is 4.79 Å². The summed E-state index contributed by atoms with van der Waals surface area (Å²) in [5, 5.41) is 1.14. The summed E-state index contributed by atoms with van der Waals surface area (Å²) in [6.07, 6.45) is 1.09. The standard InChI is InChI=1S/C11H19NO3/c1-6-8-9-12(14-7-2)10(13)15-11(3,4)5/h8H,1,7,9H2,2-5H3. The van der Waals surface area contributed by atoms with Crippen LogP contribution in [0.3, 0.4) is 0 Å². The summed E-state index contributed by atoms with van der Waals surface area (Å²) in [7, 11) is 0. The van der Waals surface area contributed by atoms with Crippen molar-refractivity contribution in [3.8, 4) is 0 Å². The van der Waals surface area contributed by atoms with E-state index in [2.05, 4.69) is 12.3 Å². The Kier molecular flexibility index (Phi) is 5.75. The molecule has 0 aliphatic rings. The van der Waals surface area contributed by atoms with Gasteiger partial charge in [-0.2, -0.15) is 5.06 Å². The maximum Gasteiger partial charge on any atom is 0.434 e. The predicted octanol–water partition coefficient (Wildman–Crippen LogP) is 2.52. The van der Waals surface area contributed by atoms with Gasteiger partial charge in [-0.15, -0.1) is 5.73 Å². The highest BCUT2D eigenvalue weighted by molar-refractivity contribution is 5.67. The van der Waals surface area contributed by atoms with E-state index in [0.29, 0.717) is 6.61 Å². The number of hydroxylamine groups is 2. The van der Waals surface area contributed by atoms with Crippen molar-refractivity contribution in [2.45, 2.75) is 33.3 Å². The van der Waals surface area contributed by atoms with Gasteiger partial charge in [0.25, 0.3) is 0 Å². The molecular weight excluding hydrogens is 194 g/mol. The van der Waals surface area contributed by atoms with Crippen LogP contribution in [0.25, 0.3) is 0 Å². The summed E-state index contributed by atoms with van der Waals surface area (Å²) in [5.74, 6) is 0. The minimum Gasteiger partial charge on any atom is -0.442 e. The molecule has 0 aromatic heterocycles. The molecule has 0 saturated heterocycles. The Morgan fingerprint density at radius 2 is 2.13 bits per heavy atom. The maximum absolute atomic E-state index is 11.6. The summed E-state index contributed by atoms with van der Waals surface area (Å²) in [6.45, 7) is 11.3. The van der Waals surface area contributed by atoms with Gasteiger partial charge in [-0.1, -0.05) is 6.58 Å². The summed E-state index contributed by atoms with van der Waals surface area (Å²) in [4.78, 5) is 16.7. The van der Waals surface area contributed by atoms with E-state index in [1.165, 1.54) is 0 Å². The fourth-order valence-corrected chi connectivity index (χ4v) is 0.796. The van der Waals surface area contributed by atoms with Gasteiger partial charge < -0.3 is 4.74 Å². The molecule has 4 heteroatoms. The first kappa shape index (κ1) is 13.8. The third-order valence-corrected chi connectivity index (χ3v) is 1.28. The molecule has 0 aromatic carbocycles. The highest BCUT2D eigenvalue weighted by Gasteiger charge is 2.21. The van der Waals surface area contributed by atoms with Gasteiger partial charge in [0.1, 0.15) is 5.60 Å². The molecule has 0 aliphatic heterocycles. The first-order chi connectivity index (χ1) is 6.90. The second-order valence-corrected chi connectivity index (χ2v) is 3.87. The normalized spacial score (nSPS) is 10.4. The highest BCUT2D eigenvalue weighted by Crippen LogP contribution is 2.10. The molecule has 0 fully saturated rings. The first-order valence-corrected chi connectivity index (χ1v) is 4.88. The Hall–Kier alpha value is -1.25. The number of hydrogen-bond donors (Lipinski definition) is 0. The quantitative estimate of drug-likeness (QED) is 0.532. The van der Waals surface area contributed by atoms with Crippen LogP contribution in [0.2, 0.25) is 0 Å². The lowest BCUT2D eigenvalue weighted by molar-refractivity contribution is -0.136. The number of ether oxygens (including phenoxy) is 1. The van der Waals surface area contributed by atoms with Crippen LogP contribution in [-0.4, -0.2) is 29.9 Å². The molecule has 0 radical (unpaired) electrons. The van der Waals surface area contributed by atoms with Gasteiger partial charge in [0.2, 0.25) is 0 Å². The second kappa shape index (κ2) is 6.27. The van der Waals surface area contributed by atoms with E-state index in [9.17, 15) is 4.79 Å². The SMILES string of the molecule is C=C=CCN(OCC)C(=O)OC(C)(C)C. The average Bonchev–Trinajstić information content (AvgIpc) is 2.09. The Morgan fingerprint density at radius 1 is 1.53 bits per heavy atom. The van der Waals surface area contributed by atoms with Crippen LogP contribution < -0.4 is 0 Å².